The molecule has 1 aromatic heterocycles. The molecule has 3 rings (SSSR count). The maximum atomic E-state index is 12.8. The Morgan fingerprint density at radius 2 is 1.71 bits per heavy atom. The number of ether oxygens (including phenoxy) is 2. The normalized spacial score (nSPS) is 15.6. The molecule has 1 aliphatic rings. The Kier molecular flexibility index (Phi) is 5.18. The largest absolute Gasteiger partial charge is 0.444 e. The number of hydrogen-bond donors (Lipinski definition) is 0. The van der Waals surface area contributed by atoms with Crippen LogP contribution < -0.4 is 0 Å². The van der Waals surface area contributed by atoms with Crippen LogP contribution in [0.25, 0.3) is 0 Å². The Morgan fingerprint density at radius 3 is 2.38 bits per heavy atom. The lowest BCUT2D eigenvalue weighted by atomic mass is 10.1. The van der Waals surface area contributed by atoms with E-state index in [1.165, 1.54) is 12.4 Å². The molecule has 1 aliphatic heterocycles. The molecule has 0 N–H and O–H groups in total. The molecule has 24 heavy (non-hydrogen) atoms. The summed E-state index contributed by atoms with van der Waals surface area (Å²) < 4.78 is 10.8. The SMILES string of the molecule is O=C(O[C@@H](C(=O)N1CCOCC1)c1ccccc1)c1ccncc1. The molecular weight excluding hydrogens is 308 g/mol. The zero-order valence-corrected chi connectivity index (χ0v) is 13.1. The van der Waals surface area contributed by atoms with Gasteiger partial charge in [0.05, 0.1) is 18.8 Å². The predicted molar refractivity (Wildman–Crippen MR) is 86.2 cm³/mol. The number of nitrogens with zero attached hydrogens (tertiary/aromatic N) is 2. The molecular formula is C18H18N2O4. The van der Waals surface area contributed by atoms with E-state index in [1.54, 1.807) is 29.2 Å². The van der Waals surface area contributed by atoms with Crippen molar-refractivity contribution >= 4 is 11.9 Å². The van der Waals surface area contributed by atoms with E-state index < -0.39 is 12.1 Å². The molecule has 0 bridgehead atoms. The van der Waals surface area contributed by atoms with Gasteiger partial charge in [-0.2, -0.15) is 0 Å². The van der Waals surface area contributed by atoms with Crippen molar-refractivity contribution in [3.63, 3.8) is 0 Å². The van der Waals surface area contributed by atoms with Crippen LogP contribution in [0.15, 0.2) is 54.9 Å². The van der Waals surface area contributed by atoms with Gasteiger partial charge in [-0.05, 0) is 12.1 Å². The summed E-state index contributed by atoms with van der Waals surface area (Å²) in [6, 6.07) is 12.2. The van der Waals surface area contributed by atoms with Gasteiger partial charge in [0.15, 0.2) is 0 Å². The molecule has 1 amide bonds. The molecule has 0 spiro atoms. The Morgan fingerprint density at radius 1 is 1.04 bits per heavy atom. The number of carbonyl (C=O) groups excluding carboxylic acids is 2. The average Bonchev–Trinajstić information content (AvgIpc) is 2.67. The lowest BCUT2D eigenvalue weighted by molar-refractivity contribution is -0.145. The summed E-state index contributed by atoms with van der Waals surface area (Å²) in [6.07, 6.45) is 2.06. The summed E-state index contributed by atoms with van der Waals surface area (Å²) in [5, 5.41) is 0. The van der Waals surface area contributed by atoms with Crippen molar-refractivity contribution < 1.29 is 19.1 Å². The molecule has 6 heteroatoms. The second kappa shape index (κ2) is 7.70. The molecule has 124 valence electrons. The van der Waals surface area contributed by atoms with Crippen LogP contribution in [0.4, 0.5) is 0 Å². The number of rotatable bonds is 4. The number of pyridine rings is 1. The second-order valence-electron chi connectivity index (χ2n) is 5.37. The van der Waals surface area contributed by atoms with Crippen molar-refractivity contribution in [2.75, 3.05) is 26.3 Å². The van der Waals surface area contributed by atoms with Gasteiger partial charge >= 0.3 is 5.97 Å². The van der Waals surface area contributed by atoms with Gasteiger partial charge in [-0.3, -0.25) is 9.78 Å². The Balaban J connectivity index is 1.82. The van der Waals surface area contributed by atoms with E-state index in [-0.39, 0.29) is 5.91 Å². The highest BCUT2D eigenvalue weighted by Crippen LogP contribution is 2.22. The quantitative estimate of drug-likeness (QED) is 0.802. The molecule has 6 nitrogen and oxygen atoms in total. The van der Waals surface area contributed by atoms with Crippen molar-refractivity contribution in [3.05, 3.63) is 66.0 Å². The van der Waals surface area contributed by atoms with Crippen LogP contribution in [0, 0.1) is 0 Å². The van der Waals surface area contributed by atoms with Gasteiger partial charge < -0.3 is 14.4 Å². The highest BCUT2D eigenvalue weighted by atomic mass is 16.5. The molecule has 2 aromatic rings. The fraction of sp³-hybridized carbons (Fsp3) is 0.278. The highest BCUT2D eigenvalue weighted by molar-refractivity contribution is 5.92. The average molecular weight is 326 g/mol. The van der Waals surface area contributed by atoms with Gasteiger partial charge in [0.1, 0.15) is 0 Å². The van der Waals surface area contributed by atoms with E-state index >= 15 is 0 Å². The molecule has 1 aromatic carbocycles. The first-order valence-corrected chi connectivity index (χ1v) is 7.78. The van der Waals surface area contributed by atoms with E-state index in [2.05, 4.69) is 4.98 Å². The third kappa shape index (κ3) is 3.78. The van der Waals surface area contributed by atoms with E-state index in [0.717, 1.165) is 0 Å². The van der Waals surface area contributed by atoms with Gasteiger partial charge in [-0.25, -0.2) is 4.79 Å². The third-order valence-corrected chi connectivity index (χ3v) is 3.79. The number of amides is 1. The Bertz CT molecular complexity index is 685. The summed E-state index contributed by atoms with van der Waals surface area (Å²) >= 11 is 0. The minimum absolute atomic E-state index is 0.230. The van der Waals surface area contributed by atoms with E-state index in [0.29, 0.717) is 37.4 Å². The predicted octanol–water partition coefficient (Wildman–Crippen LogP) is 1.84. The maximum Gasteiger partial charge on any atom is 0.339 e. The fourth-order valence-electron chi connectivity index (χ4n) is 2.50. The summed E-state index contributed by atoms with van der Waals surface area (Å²) in [5.41, 5.74) is 1.01. The first-order chi connectivity index (χ1) is 11.8. The van der Waals surface area contributed by atoms with Crippen LogP contribution in [0.3, 0.4) is 0 Å². The molecule has 0 unspecified atom stereocenters. The summed E-state index contributed by atoms with van der Waals surface area (Å²) in [7, 11) is 0. The van der Waals surface area contributed by atoms with Crippen molar-refractivity contribution in [1.82, 2.24) is 9.88 Å². The van der Waals surface area contributed by atoms with Gasteiger partial charge in [0.2, 0.25) is 6.10 Å². The highest BCUT2D eigenvalue weighted by Gasteiger charge is 2.30. The Labute approximate surface area is 140 Å². The number of benzene rings is 1. The number of esters is 1. The molecule has 1 fully saturated rings. The van der Waals surface area contributed by atoms with Gasteiger partial charge in [-0.1, -0.05) is 30.3 Å². The molecule has 1 atom stereocenters. The van der Waals surface area contributed by atoms with E-state index in [1.807, 2.05) is 18.2 Å². The van der Waals surface area contributed by atoms with Crippen LogP contribution >= 0.6 is 0 Å². The van der Waals surface area contributed by atoms with Crippen LogP contribution in [-0.4, -0.2) is 48.1 Å². The smallest absolute Gasteiger partial charge is 0.339 e. The zero-order chi connectivity index (χ0) is 16.8. The molecule has 0 radical (unpaired) electrons. The fourth-order valence-corrected chi connectivity index (χ4v) is 2.50. The first kappa shape index (κ1) is 16.1. The van der Waals surface area contributed by atoms with Gasteiger partial charge in [0.25, 0.3) is 5.91 Å². The van der Waals surface area contributed by atoms with Crippen molar-refractivity contribution in [1.29, 1.82) is 0 Å². The van der Waals surface area contributed by atoms with Crippen LogP contribution in [0.1, 0.15) is 22.0 Å². The maximum absolute atomic E-state index is 12.8. The number of morpholine rings is 1. The van der Waals surface area contributed by atoms with Crippen molar-refractivity contribution in [2.24, 2.45) is 0 Å². The van der Waals surface area contributed by atoms with Gasteiger partial charge in [-0.15, -0.1) is 0 Å². The van der Waals surface area contributed by atoms with Crippen molar-refractivity contribution in [2.45, 2.75) is 6.10 Å². The molecule has 0 saturated carbocycles. The topological polar surface area (TPSA) is 68.7 Å². The van der Waals surface area contributed by atoms with Crippen LogP contribution in [0.2, 0.25) is 0 Å². The lowest BCUT2D eigenvalue weighted by Gasteiger charge is -2.30. The summed E-state index contributed by atoms with van der Waals surface area (Å²) in [6.45, 7) is 1.97. The third-order valence-electron chi connectivity index (χ3n) is 3.79. The molecule has 1 saturated heterocycles. The molecule has 0 aliphatic carbocycles. The monoisotopic (exact) mass is 326 g/mol. The summed E-state index contributed by atoms with van der Waals surface area (Å²) in [4.78, 5) is 30.8. The lowest BCUT2D eigenvalue weighted by Crippen LogP contribution is -2.44. The van der Waals surface area contributed by atoms with Crippen molar-refractivity contribution in [3.8, 4) is 0 Å². The minimum Gasteiger partial charge on any atom is -0.444 e. The Hall–Kier alpha value is -2.73. The van der Waals surface area contributed by atoms with E-state index in [4.69, 9.17) is 9.47 Å². The van der Waals surface area contributed by atoms with E-state index in [9.17, 15) is 9.59 Å². The number of hydrogen-bond acceptors (Lipinski definition) is 5. The van der Waals surface area contributed by atoms with Gasteiger partial charge in [0, 0.05) is 31.0 Å². The minimum atomic E-state index is -0.968. The standard InChI is InChI=1S/C18H18N2O4/c21-17(20-10-12-23-13-11-20)16(14-4-2-1-3-5-14)24-18(22)15-6-8-19-9-7-15/h1-9,16H,10-13H2/t16-/m1/s1. The first-order valence-electron chi connectivity index (χ1n) is 7.78. The zero-order valence-electron chi connectivity index (χ0n) is 13.1. The number of carbonyl (C=O) groups is 2. The second-order valence-corrected chi connectivity index (χ2v) is 5.37. The molecule has 2 heterocycles. The van der Waals surface area contributed by atoms with Crippen LogP contribution in [0.5, 0.6) is 0 Å². The number of aromatic nitrogens is 1. The summed E-state index contributed by atoms with van der Waals surface area (Å²) in [5.74, 6) is -0.778. The van der Waals surface area contributed by atoms with Crippen LogP contribution in [-0.2, 0) is 14.3 Å².